The number of aromatic nitrogens is 1. The molecule has 0 saturated heterocycles. The normalized spacial score (nSPS) is 12.3. The number of fused-ring (bicyclic) bond motifs is 1. The average molecular weight is 299 g/mol. The number of aromatic amines is 1. The first-order chi connectivity index (χ1) is 6.96. The summed E-state index contributed by atoms with van der Waals surface area (Å²) >= 11 is 4.21. The fourth-order valence-corrected chi connectivity index (χ4v) is 2.83. The van der Waals surface area contributed by atoms with Gasteiger partial charge in [-0.15, -0.1) is 0 Å². The van der Waals surface area contributed by atoms with Gasteiger partial charge in [-0.25, -0.2) is 0 Å². The quantitative estimate of drug-likeness (QED) is 0.779. The number of halogens is 4. The Bertz CT molecular complexity index is 492. The second kappa shape index (κ2) is 3.74. The van der Waals surface area contributed by atoms with E-state index < -0.39 is 20.0 Å². The molecule has 0 bridgehead atoms. The Hall–Kier alpha value is -0.641. The van der Waals surface area contributed by atoms with E-state index in [4.69, 9.17) is 11.6 Å². The summed E-state index contributed by atoms with van der Waals surface area (Å²) in [5.74, 6) is 0. The number of rotatable bonds is 1. The van der Waals surface area contributed by atoms with Gasteiger partial charge in [0, 0.05) is 0 Å². The number of H-pyrrole nitrogens is 1. The Morgan fingerprint density at radius 2 is 2.00 bits per heavy atom. The van der Waals surface area contributed by atoms with Crippen molar-refractivity contribution >= 4 is 41.9 Å². The van der Waals surface area contributed by atoms with E-state index in [-0.39, 0.29) is 0 Å². The molecular weight excluding hydrogens is 294 g/mol. The molecule has 1 aromatic heterocycles. The molecule has 15 heavy (non-hydrogen) atoms. The van der Waals surface area contributed by atoms with E-state index in [1.807, 2.05) is 0 Å². The monoisotopic (exact) mass is 299 g/mol. The molecular formula is C9H5ClF3NSe. The molecule has 80 valence electrons. The number of nitrogens with one attached hydrogen (secondary N) is 1. The van der Waals surface area contributed by atoms with Gasteiger partial charge < -0.3 is 0 Å². The molecule has 1 N–H and O–H groups in total. The van der Waals surface area contributed by atoms with Gasteiger partial charge >= 0.3 is 94.6 Å². The van der Waals surface area contributed by atoms with Crippen LogP contribution in [-0.4, -0.2) is 25.0 Å². The second-order valence-electron chi connectivity index (χ2n) is 2.89. The Balaban J connectivity index is 2.45. The van der Waals surface area contributed by atoms with E-state index in [2.05, 4.69) is 4.98 Å². The first-order valence-corrected chi connectivity index (χ1v) is 6.07. The zero-order valence-corrected chi connectivity index (χ0v) is 9.70. The molecule has 2 aromatic rings. The van der Waals surface area contributed by atoms with Gasteiger partial charge in [-0.2, -0.15) is 0 Å². The van der Waals surface area contributed by atoms with Gasteiger partial charge in [-0.1, -0.05) is 0 Å². The molecule has 0 radical (unpaired) electrons. The molecule has 2 rings (SSSR count). The minimum absolute atomic E-state index is 0.307. The van der Waals surface area contributed by atoms with Crippen LogP contribution in [0.4, 0.5) is 13.2 Å². The third-order valence-electron chi connectivity index (χ3n) is 1.83. The van der Waals surface area contributed by atoms with Crippen molar-refractivity contribution in [2.75, 3.05) is 0 Å². The van der Waals surface area contributed by atoms with Gasteiger partial charge in [0.15, 0.2) is 0 Å². The van der Waals surface area contributed by atoms with Crippen LogP contribution in [0.3, 0.4) is 0 Å². The average Bonchev–Trinajstić information content (AvgIpc) is 2.45. The van der Waals surface area contributed by atoms with E-state index in [0.29, 0.717) is 20.4 Å². The SMILES string of the molecule is FC(F)(F)[Se]c1c[nH]c2cc(Cl)ccc12. The molecule has 0 aliphatic heterocycles. The fraction of sp³-hybridized carbons (Fsp3) is 0.111. The van der Waals surface area contributed by atoms with E-state index >= 15 is 0 Å². The molecule has 0 spiro atoms. The molecule has 1 heterocycles. The van der Waals surface area contributed by atoms with Crippen LogP contribution in [0.2, 0.25) is 5.02 Å². The third-order valence-corrected chi connectivity index (χ3v) is 3.72. The summed E-state index contributed by atoms with van der Waals surface area (Å²) in [4.78, 5) is 2.78. The second-order valence-corrected chi connectivity index (χ2v) is 5.65. The Morgan fingerprint density at radius 3 is 2.67 bits per heavy atom. The summed E-state index contributed by atoms with van der Waals surface area (Å²) in [6.07, 6.45) is 1.40. The predicted octanol–water partition coefficient (Wildman–Crippen LogP) is 2.67. The maximum absolute atomic E-state index is 12.2. The van der Waals surface area contributed by atoms with Gasteiger partial charge in [-0.3, -0.25) is 0 Å². The van der Waals surface area contributed by atoms with Gasteiger partial charge in [0.05, 0.1) is 0 Å². The van der Waals surface area contributed by atoms with Crippen LogP contribution in [0.25, 0.3) is 10.9 Å². The fourth-order valence-electron chi connectivity index (χ4n) is 1.28. The molecule has 0 fully saturated rings. The summed E-state index contributed by atoms with van der Waals surface area (Å²) in [5, 5.41) is -3.02. The number of alkyl halides is 3. The van der Waals surface area contributed by atoms with Crippen molar-refractivity contribution < 1.29 is 13.2 Å². The van der Waals surface area contributed by atoms with E-state index in [0.717, 1.165) is 0 Å². The summed E-state index contributed by atoms with van der Waals surface area (Å²) in [6.45, 7) is 0. The molecule has 0 atom stereocenters. The van der Waals surface area contributed by atoms with Crippen molar-refractivity contribution in [1.82, 2.24) is 4.98 Å². The first-order valence-electron chi connectivity index (χ1n) is 3.98. The molecule has 1 aromatic carbocycles. The summed E-state index contributed by atoms with van der Waals surface area (Å²) in [5.41, 5.74) is 0.642. The van der Waals surface area contributed by atoms with Crippen LogP contribution in [0.15, 0.2) is 24.4 Å². The van der Waals surface area contributed by atoms with Crippen LogP contribution in [0.1, 0.15) is 0 Å². The van der Waals surface area contributed by atoms with Crippen molar-refractivity contribution in [3.8, 4) is 0 Å². The van der Waals surface area contributed by atoms with Gasteiger partial charge in [0.2, 0.25) is 0 Å². The van der Waals surface area contributed by atoms with Gasteiger partial charge in [-0.05, 0) is 0 Å². The topological polar surface area (TPSA) is 15.8 Å². The van der Waals surface area contributed by atoms with Crippen LogP contribution in [0.5, 0.6) is 0 Å². The van der Waals surface area contributed by atoms with Gasteiger partial charge in [0.25, 0.3) is 0 Å². The van der Waals surface area contributed by atoms with Crippen molar-refractivity contribution in [3.63, 3.8) is 0 Å². The van der Waals surface area contributed by atoms with Crippen molar-refractivity contribution in [2.45, 2.75) is 5.07 Å². The van der Waals surface area contributed by atoms with Crippen LogP contribution >= 0.6 is 11.6 Å². The number of hydrogen-bond acceptors (Lipinski definition) is 0. The van der Waals surface area contributed by atoms with Gasteiger partial charge in [0.1, 0.15) is 0 Å². The molecule has 0 aliphatic carbocycles. The summed E-state index contributed by atoms with van der Waals surface area (Å²) < 4.78 is 36.9. The predicted molar refractivity (Wildman–Crippen MR) is 54.8 cm³/mol. The van der Waals surface area contributed by atoms with E-state index in [1.165, 1.54) is 6.20 Å². The van der Waals surface area contributed by atoms with Crippen molar-refractivity contribution in [3.05, 3.63) is 29.4 Å². The maximum atomic E-state index is 12.2. The van der Waals surface area contributed by atoms with Crippen molar-refractivity contribution in [1.29, 1.82) is 0 Å². The molecule has 1 nitrogen and oxygen atoms in total. The zero-order valence-electron chi connectivity index (χ0n) is 7.23. The van der Waals surface area contributed by atoms with Crippen LogP contribution in [-0.2, 0) is 0 Å². The Morgan fingerprint density at radius 1 is 1.27 bits per heavy atom. The number of benzene rings is 1. The minimum atomic E-state index is -4.12. The third kappa shape index (κ3) is 2.48. The molecule has 0 unspecified atom stereocenters. The molecule has 6 heteroatoms. The van der Waals surface area contributed by atoms with E-state index in [1.54, 1.807) is 18.2 Å². The standard InChI is InChI=1S/C9H5ClF3NSe/c10-5-1-2-6-7(3-5)14-4-8(6)15-9(11,12)13/h1-4,14H. The summed E-state index contributed by atoms with van der Waals surface area (Å²) in [7, 11) is 0. The number of hydrogen-bond donors (Lipinski definition) is 1. The van der Waals surface area contributed by atoms with Crippen LogP contribution < -0.4 is 4.46 Å². The molecule has 0 saturated carbocycles. The summed E-state index contributed by atoms with van der Waals surface area (Å²) in [6, 6.07) is 4.82. The van der Waals surface area contributed by atoms with Crippen LogP contribution in [0, 0.1) is 0 Å². The molecule has 0 amide bonds. The van der Waals surface area contributed by atoms with E-state index in [9.17, 15) is 13.2 Å². The Kier molecular flexibility index (Phi) is 2.71. The first kappa shape index (κ1) is 10.9. The molecule has 0 aliphatic rings. The zero-order chi connectivity index (χ0) is 11.1. The Labute approximate surface area is 94.8 Å². The van der Waals surface area contributed by atoms with Crippen molar-refractivity contribution in [2.24, 2.45) is 0 Å².